The van der Waals surface area contributed by atoms with Gasteiger partial charge in [-0.2, -0.15) is 10.2 Å². The summed E-state index contributed by atoms with van der Waals surface area (Å²) >= 11 is 0. The first-order chi connectivity index (χ1) is 28.3. The van der Waals surface area contributed by atoms with Crippen LogP contribution < -0.4 is 15.5 Å². The Morgan fingerprint density at radius 1 is 0.932 bits per heavy atom. The molecule has 4 aliphatic rings. The fourth-order valence-electron chi connectivity index (χ4n) is 9.38. The lowest BCUT2D eigenvalue weighted by Gasteiger charge is -2.48. The lowest BCUT2D eigenvalue weighted by Crippen LogP contribution is -2.57. The fourth-order valence-corrected chi connectivity index (χ4v) is 9.38. The summed E-state index contributed by atoms with van der Waals surface area (Å²) in [6.45, 7) is 15.8. The van der Waals surface area contributed by atoms with Crippen LogP contribution in [0.25, 0.3) is 21.3 Å². The van der Waals surface area contributed by atoms with Gasteiger partial charge in [-0.25, -0.2) is 18.1 Å². The van der Waals surface area contributed by atoms with Crippen molar-refractivity contribution >= 4 is 51.2 Å². The van der Waals surface area contributed by atoms with E-state index >= 15 is 8.78 Å². The minimum absolute atomic E-state index is 0.0581. The van der Waals surface area contributed by atoms with E-state index < -0.39 is 35.0 Å². The average molecular weight is 805 g/mol. The lowest BCUT2D eigenvalue weighted by atomic mass is 9.85. The van der Waals surface area contributed by atoms with Gasteiger partial charge in [0.2, 0.25) is 17.5 Å². The van der Waals surface area contributed by atoms with Gasteiger partial charge >= 0.3 is 0 Å². The highest BCUT2D eigenvalue weighted by atomic mass is 19.1. The number of imide groups is 1. The second kappa shape index (κ2) is 15.1. The molecule has 3 saturated heterocycles. The van der Waals surface area contributed by atoms with Crippen molar-refractivity contribution in [2.24, 2.45) is 0 Å². The molecule has 14 nitrogen and oxygen atoms in total. The highest BCUT2D eigenvalue weighted by Crippen LogP contribution is 2.39. The molecule has 9 rings (SSSR count). The molecule has 5 aromatic rings. The molecule has 0 unspecified atom stereocenters. The highest BCUT2D eigenvalue weighted by molar-refractivity contribution is 6.05. The number of anilines is 2. The number of nitrogens with one attached hydrogen (secondary N) is 2. The average Bonchev–Trinajstić information content (AvgIpc) is 3.81. The first-order valence-electron chi connectivity index (χ1n) is 20.3. The Morgan fingerprint density at radius 3 is 2.29 bits per heavy atom. The molecule has 0 spiro atoms. The Kier molecular flexibility index (Phi) is 9.93. The maximum atomic E-state index is 15.2. The molecule has 0 radical (unpaired) electrons. The SMILES string of the molecule is [C-]#[N+]c1cnn2c(C(=O)Nc3cc4cn(C5CC(N6CCN(C7CCN(c8cc(F)c([C@H]9CCC(=O)NC9=O)c(F)c8)CC7)CC6)C5)nc4cc3C(C)(C)O)ccc2c1. The third-order valence-electron chi connectivity index (χ3n) is 12.7. The van der Waals surface area contributed by atoms with Gasteiger partial charge in [0.25, 0.3) is 5.91 Å². The number of piperazine rings is 1. The number of carbonyl (C=O) groups excluding carboxylic acids is 3. The van der Waals surface area contributed by atoms with E-state index in [0.29, 0.717) is 59.0 Å². The summed E-state index contributed by atoms with van der Waals surface area (Å²) in [7, 11) is 0. The molecule has 3 aromatic heterocycles. The quantitative estimate of drug-likeness (QED) is 0.137. The largest absolute Gasteiger partial charge is 0.386 e. The van der Waals surface area contributed by atoms with Gasteiger partial charge in [-0.15, -0.1) is 0 Å². The second-order valence-electron chi connectivity index (χ2n) is 16.9. The van der Waals surface area contributed by atoms with Crippen LogP contribution in [-0.4, -0.2) is 103 Å². The van der Waals surface area contributed by atoms with E-state index in [1.807, 2.05) is 27.9 Å². The normalized spacial score (nSPS) is 22.4. The number of carbonyl (C=O) groups is 3. The molecule has 1 saturated carbocycles. The van der Waals surface area contributed by atoms with Crippen LogP contribution in [0.1, 0.15) is 85.9 Å². The number of fused-ring (bicyclic) bond motifs is 2. The third-order valence-corrected chi connectivity index (χ3v) is 12.7. The molecule has 1 atom stereocenters. The number of halogens is 2. The number of rotatable bonds is 8. The number of benzene rings is 2. The van der Waals surface area contributed by atoms with Crippen molar-refractivity contribution in [3.63, 3.8) is 0 Å². The van der Waals surface area contributed by atoms with Crippen LogP contribution in [0.3, 0.4) is 0 Å². The molecular formula is C43H46F2N10O4. The minimum atomic E-state index is -1.25. The van der Waals surface area contributed by atoms with Gasteiger partial charge in [0.15, 0.2) is 0 Å². The number of aliphatic hydroxyl groups is 1. The van der Waals surface area contributed by atoms with Crippen LogP contribution in [0, 0.1) is 18.2 Å². The molecule has 1 aliphatic carbocycles. The van der Waals surface area contributed by atoms with Crippen molar-refractivity contribution in [1.82, 2.24) is 34.5 Å². The van der Waals surface area contributed by atoms with E-state index in [9.17, 15) is 19.5 Å². The van der Waals surface area contributed by atoms with Crippen LogP contribution in [0.15, 0.2) is 54.9 Å². The molecule has 3 N–H and O–H groups in total. The maximum absolute atomic E-state index is 15.2. The molecule has 3 amide bonds. The molecule has 0 bridgehead atoms. The molecule has 3 aliphatic heterocycles. The van der Waals surface area contributed by atoms with Crippen molar-refractivity contribution in [2.45, 2.75) is 82.0 Å². The van der Waals surface area contributed by atoms with Crippen molar-refractivity contribution in [1.29, 1.82) is 0 Å². The first kappa shape index (κ1) is 38.7. The zero-order chi connectivity index (χ0) is 41.2. The van der Waals surface area contributed by atoms with Crippen molar-refractivity contribution in [3.05, 3.63) is 94.7 Å². The number of hydrogen-bond donors (Lipinski definition) is 3. The Balaban J connectivity index is 0.784. The summed E-state index contributed by atoms with van der Waals surface area (Å²) < 4.78 is 33.9. The Morgan fingerprint density at radius 2 is 1.63 bits per heavy atom. The second-order valence-corrected chi connectivity index (χ2v) is 16.9. The van der Waals surface area contributed by atoms with Gasteiger partial charge in [0.1, 0.15) is 17.3 Å². The van der Waals surface area contributed by atoms with Crippen LogP contribution in [0.2, 0.25) is 0 Å². The summed E-state index contributed by atoms with van der Waals surface area (Å²) in [6, 6.07) is 12.5. The first-order valence-corrected chi connectivity index (χ1v) is 20.3. The summed E-state index contributed by atoms with van der Waals surface area (Å²) in [5, 5.41) is 26.3. The van der Waals surface area contributed by atoms with Crippen molar-refractivity contribution in [3.8, 4) is 0 Å². The van der Waals surface area contributed by atoms with Crippen molar-refractivity contribution in [2.75, 3.05) is 49.5 Å². The number of hydrogen-bond acceptors (Lipinski definition) is 9. The van der Waals surface area contributed by atoms with Gasteiger partial charge < -0.3 is 15.3 Å². The third kappa shape index (κ3) is 7.43. The predicted molar refractivity (Wildman–Crippen MR) is 216 cm³/mol. The van der Waals surface area contributed by atoms with Crippen LogP contribution in [0.5, 0.6) is 0 Å². The molecule has 2 aromatic carbocycles. The molecular weight excluding hydrogens is 759 g/mol. The van der Waals surface area contributed by atoms with Crippen molar-refractivity contribution < 1.29 is 28.3 Å². The fraction of sp³-hybridized carbons (Fsp3) is 0.442. The molecule has 16 heteroatoms. The number of nitrogens with zero attached hydrogens (tertiary/aromatic N) is 8. The standard InChI is InChI=1S/C43H46F2N10O4/c1-43(2,59)33-22-36-25(16-37(33)48-42(58)38-6-4-28-17-26(46-3)23-47-55(28)38)24-54(50-36)31-18-29(19-31)53-14-12-52(13-15-53)27-8-10-51(11-9-27)30-20-34(44)40(35(45)21-30)32-5-7-39(56)49-41(32)57/h4,6,16-17,20-24,27,29,31-32,59H,5,7-15,18-19H2,1-2H3,(H,48,58)(H,49,56,57)/t29?,31?,32-/m1/s1. The van der Waals surface area contributed by atoms with E-state index in [4.69, 9.17) is 11.7 Å². The van der Waals surface area contributed by atoms with Gasteiger partial charge in [-0.05, 0) is 88.4 Å². The number of amides is 3. The van der Waals surface area contributed by atoms with E-state index in [-0.39, 0.29) is 30.4 Å². The molecule has 59 heavy (non-hydrogen) atoms. The molecule has 306 valence electrons. The highest BCUT2D eigenvalue weighted by Gasteiger charge is 2.38. The molecule has 6 heterocycles. The van der Waals surface area contributed by atoms with Gasteiger partial charge in [-0.1, -0.05) is 0 Å². The van der Waals surface area contributed by atoms with Gasteiger partial charge in [-0.3, -0.25) is 34.2 Å². The summed E-state index contributed by atoms with van der Waals surface area (Å²) in [5.41, 5.74) is 2.06. The lowest BCUT2D eigenvalue weighted by molar-refractivity contribution is -0.134. The Bertz CT molecular complexity index is 2490. The summed E-state index contributed by atoms with van der Waals surface area (Å²) in [4.78, 5) is 47.9. The van der Waals surface area contributed by atoms with Crippen LogP contribution in [-0.2, 0) is 15.2 Å². The van der Waals surface area contributed by atoms with E-state index in [2.05, 4.69) is 30.4 Å². The van der Waals surface area contributed by atoms with Gasteiger partial charge in [0.05, 0.1) is 41.4 Å². The smallest absolute Gasteiger partial charge is 0.274 e. The minimum Gasteiger partial charge on any atom is -0.386 e. The zero-order valence-electron chi connectivity index (χ0n) is 33.0. The summed E-state index contributed by atoms with van der Waals surface area (Å²) in [6.07, 6.45) is 7.33. The van der Waals surface area contributed by atoms with Gasteiger partial charge in [0, 0.05) is 91.9 Å². The Hall–Kier alpha value is -5.76. The molecule has 4 fully saturated rings. The summed E-state index contributed by atoms with van der Waals surface area (Å²) in [5.74, 6) is -3.97. The number of aromatic nitrogens is 4. The predicted octanol–water partition coefficient (Wildman–Crippen LogP) is 5.50. The van der Waals surface area contributed by atoms with E-state index in [1.54, 1.807) is 32.0 Å². The van der Waals surface area contributed by atoms with E-state index in [1.165, 1.54) is 22.8 Å². The van der Waals surface area contributed by atoms with Crippen LogP contribution in [0.4, 0.5) is 25.8 Å². The monoisotopic (exact) mass is 804 g/mol. The topological polar surface area (TPSA) is 145 Å². The van der Waals surface area contributed by atoms with E-state index in [0.717, 1.165) is 62.8 Å². The number of piperidine rings is 2. The zero-order valence-corrected chi connectivity index (χ0v) is 33.0. The Labute approximate surface area is 339 Å². The maximum Gasteiger partial charge on any atom is 0.274 e. The van der Waals surface area contributed by atoms with Crippen LogP contribution >= 0.6 is 0 Å².